The Morgan fingerprint density at radius 3 is 2.21 bits per heavy atom. The lowest BCUT2D eigenvalue weighted by atomic mass is 10.1. The molecule has 0 spiro atoms. The van der Waals surface area contributed by atoms with Gasteiger partial charge in [0.05, 0.1) is 27.9 Å². The Kier molecular flexibility index (Phi) is 5.89. The van der Waals surface area contributed by atoms with E-state index in [9.17, 15) is 22.8 Å². The fourth-order valence-corrected chi connectivity index (χ4v) is 3.28. The zero-order chi connectivity index (χ0) is 21.5. The zero-order valence-corrected chi connectivity index (χ0v) is 16.9. The molecule has 0 aliphatic heterocycles. The van der Waals surface area contributed by atoms with Crippen LogP contribution in [0.15, 0.2) is 24.3 Å². The second-order valence-corrected chi connectivity index (χ2v) is 8.26. The van der Waals surface area contributed by atoms with E-state index in [0.717, 1.165) is 18.2 Å². The van der Waals surface area contributed by atoms with Gasteiger partial charge in [-0.1, -0.05) is 11.6 Å². The predicted octanol–water partition coefficient (Wildman–Crippen LogP) is 5.18. The lowest BCUT2D eigenvalue weighted by Crippen LogP contribution is -2.19. The zero-order valence-electron chi connectivity index (χ0n) is 14.7. The molecule has 2 aromatic carbocycles. The van der Waals surface area contributed by atoms with Crippen LogP contribution in [0, 0.1) is 23.4 Å². The highest BCUT2D eigenvalue weighted by atomic mass is 35.5. The first kappa shape index (κ1) is 21.5. The van der Waals surface area contributed by atoms with Gasteiger partial charge >= 0.3 is 0 Å². The molecule has 29 heavy (non-hydrogen) atoms. The third kappa shape index (κ3) is 4.55. The Balaban J connectivity index is 1.85. The molecule has 0 saturated heterocycles. The maximum Gasteiger partial charge on any atom is 0.257 e. The van der Waals surface area contributed by atoms with Gasteiger partial charge in [-0.15, -0.1) is 23.2 Å². The molecule has 0 heterocycles. The number of rotatable bonds is 5. The number of halogens is 6. The molecule has 2 aromatic rings. The van der Waals surface area contributed by atoms with Gasteiger partial charge in [-0.2, -0.15) is 0 Å². The number of carbonyl (C=O) groups is 2. The molecular weight excluding hydrogens is 454 g/mol. The Bertz CT molecular complexity index is 1020. The summed E-state index contributed by atoms with van der Waals surface area (Å²) in [6.07, 6.45) is 0.239. The van der Waals surface area contributed by atoms with Crippen molar-refractivity contribution < 1.29 is 22.8 Å². The van der Waals surface area contributed by atoms with Gasteiger partial charge < -0.3 is 16.0 Å². The number of amides is 2. The molecule has 154 valence electrons. The molecule has 1 atom stereocenters. The monoisotopic (exact) mass is 465 g/mol. The topological polar surface area (TPSA) is 70.2 Å². The number of anilines is 3. The molecule has 0 bridgehead atoms. The molecule has 0 radical (unpaired) electrons. The van der Waals surface area contributed by atoms with Gasteiger partial charge in [0.15, 0.2) is 0 Å². The quantitative estimate of drug-likeness (QED) is 0.532. The van der Waals surface area contributed by atoms with Gasteiger partial charge in [0, 0.05) is 18.8 Å². The minimum Gasteiger partial charge on any atom is -0.386 e. The summed E-state index contributed by atoms with van der Waals surface area (Å²) in [5, 5.41) is 6.57. The Labute approximate surface area is 178 Å². The van der Waals surface area contributed by atoms with Crippen molar-refractivity contribution in [3.05, 3.63) is 52.3 Å². The van der Waals surface area contributed by atoms with Crippen LogP contribution >= 0.6 is 34.8 Å². The largest absolute Gasteiger partial charge is 0.386 e. The van der Waals surface area contributed by atoms with E-state index in [-0.39, 0.29) is 29.0 Å². The van der Waals surface area contributed by atoms with Gasteiger partial charge in [-0.25, -0.2) is 13.2 Å². The summed E-state index contributed by atoms with van der Waals surface area (Å²) in [5.41, 5.74) is -0.835. The van der Waals surface area contributed by atoms with Gasteiger partial charge in [-0.3, -0.25) is 9.59 Å². The van der Waals surface area contributed by atoms with Gasteiger partial charge in [0.25, 0.3) is 5.91 Å². The van der Waals surface area contributed by atoms with E-state index in [1.165, 1.54) is 7.05 Å². The van der Waals surface area contributed by atoms with Crippen LogP contribution in [0.4, 0.5) is 30.2 Å². The van der Waals surface area contributed by atoms with E-state index in [2.05, 4.69) is 16.0 Å². The first-order valence-corrected chi connectivity index (χ1v) is 9.32. The first-order valence-electron chi connectivity index (χ1n) is 8.19. The molecule has 2 amide bonds. The molecule has 0 aromatic heterocycles. The van der Waals surface area contributed by atoms with Crippen molar-refractivity contribution in [2.24, 2.45) is 5.92 Å². The normalized spacial score (nSPS) is 16.9. The fraction of sp³-hybridized carbons (Fsp3) is 0.222. The number of hydrogen-bond acceptors (Lipinski definition) is 3. The number of benzene rings is 2. The van der Waals surface area contributed by atoms with Crippen molar-refractivity contribution in [1.82, 2.24) is 0 Å². The van der Waals surface area contributed by atoms with E-state index < -0.39 is 44.5 Å². The highest BCUT2D eigenvalue weighted by Crippen LogP contribution is 2.53. The Morgan fingerprint density at radius 1 is 1.00 bits per heavy atom. The molecule has 1 aliphatic rings. The van der Waals surface area contributed by atoms with E-state index in [4.69, 9.17) is 34.8 Å². The van der Waals surface area contributed by atoms with Crippen LogP contribution < -0.4 is 16.0 Å². The van der Waals surface area contributed by atoms with Crippen LogP contribution in [-0.2, 0) is 4.79 Å². The van der Waals surface area contributed by atoms with Crippen molar-refractivity contribution >= 4 is 63.7 Å². The molecule has 1 aliphatic carbocycles. The SMILES string of the molecule is CNc1cc(NC(=O)c2cc(NC(=O)[C@H]3CC3(Cl)Cl)cc(F)c2Cl)c(F)cc1F. The van der Waals surface area contributed by atoms with Crippen LogP contribution in [0.25, 0.3) is 0 Å². The summed E-state index contributed by atoms with van der Waals surface area (Å²) in [5.74, 6) is -5.06. The number of nitrogens with one attached hydrogen (secondary N) is 3. The third-order valence-corrected chi connectivity index (χ3v) is 5.48. The summed E-state index contributed by atoms with van der Waals surface area (Å²) in [7, 11) is 1.41. The van der Waals surface area contributed by atoms with E-state index in [1.807, 2.05) is 0 Å². The standard InChI is InChI=1S/C18H13Cl3F3N3O2/c1-25-13-5-14(11(23)4-10(13)22)27-16(28)8-2-7(3-12(24)15(8)19)26-17(29)9-6-18(9,20)21/h2-5,9,25H,6H2,1H3,(H,26,29)(H,27,28)/t9-/m1/s1. The smallest absolute Gasteiger partial charge is 0.257 e. The van der Waals surface area contributed by atoms with E-state index in [1.54, 1.807) is 0 Å². The molecule has 3 rings (SSSR count). The van der Waals surface area contributed by atoms with Crippen molar-refractivity contribution in [2.75, 3.05) is 23.0 Å². The Hall–Kier alpha value is -2.16. The van der Waals surface area contributed by atoms with E-state index in [0.29, 0.717) is 6.07 Å². The molecule has 11 heteroatoms. The maximum absolute atomic E-state index is 14.2. The predicted molar refractivity (Wildman–Crippen MR) is 106 cm³/mol. The van der Waals surface area contributed by atoms with E-state index >= 15 is 0 Å². The average Bonchev–Trinajstić information content (AvgIpc) is 3.28. The highest BCUT2D eigenvalue weighted by Gasteiger charge is 2.56. The van der Waals surface area contributed by atoms with Gasteiger partial charge in [0.2, 0.25) is 5.91 Å². The number of alkyl halides is 2. The first-order chi connectivity index (χ1) is 13.5. The minimum absolute atomic E-state index is 0.0601. The highest BCUT2D eigenvalue weighted by molar-refractivity contribution is 6.52. The lowest BCUT2D eigenvalue weighted by Gasteiger charge is -2.13. The summed E-state index contributed by atoms with van der Waals surface area (Å²) >= 11 is 17.5. The number of carbonyl (C=O) groups excluding carboxylic acids is 2. The fourth-order valence-electron chi connectivity index (χ4n) is 2.58. The second-order valence-electron chi connectivity index (χ2n) is 6.34. The molecule has 1 saturated carbocycles. The van der Waals surface area contributed by atoms with Gasteiger partial charge in [-0.05, 0) is 24.6 Å². The second kappa shape index (κ2) is 7.93. The van der Waals surface area contributed by atoms with Crippen LogP contribution in [0.3, 0.4) is 0 Å². The molecule has 5 nitrogen and oxygen atoms in total. The molecule has 3 N–H and O–H groups in total. The average molecular weight is 467 g/mol. The molecular formula is C18H13Cl3F3N3O2. The van der Waals surface area contributed by atoms with Crippen molar-refractivity contribution in [3.63, 3.8) is 0 Å². The van der Waals surface area contributed by atoms with Crippen LogP contribution in [0.2, 0.25) is 5.02 Å². The lowest BCUT2D eigenvalue weighted by molar-refractivity contribution is -0.117. The summed E-state index contributed by atoms with van der Waals surface area (Å²) in [6, 6.07) is 3.65. The van der Waals surface area contributed by atoms with Crippen molar-refractivity contribution in [1.29, 1.82) is 0 Å². The van der Waals surface area contributed by atoms with Crippen molar-refractivity contribution in [3.8, 4) is 0 Å². The maximum atomic E-state index is 14.2. The minimum atomic E-state index is -1.18. The molecule has 0 unspecified atom stereocenters. The van der Waals surface area contributed by atoms with Crippen LogP contribution in [0.1, 0.15) is 16.8 Å². The number of hydrogen-bond donors (Lipinski definition) is 3. The Morgan fingerprint density at radius 2 is 1.62 bits per heavy atom. The third-order valence-electron chi connectivity index (χ3n) is 4.26. The molecule has 1 fully saturated rings. The summed E-state index contributed by atoms with van der Waals surface area (Å²) < 4.78 is 40.5. The van der Waals surface area contributed by atoms with Gasteiger partial charge in [0.1, 0.15) is 21.8 Å². The summed E-state index contributed by atoms with van der Waals surface area (Å²) in [6.45, 7) is 0. The van der Waals surface area contributed by atoms with Crippen LogP contribution in [0.5, 0.6) is 0 Å². The van der Waals surface area contributed by atoms with Crippen LogP contribution in [-0.4, -0.2) is 23.2 Å². The van der Waals surface area contributed by atoms with Crippen molar-refractivity contribution in [2.45, 2.75) is 10.8 Å². The summed E-state index contributed by atoms with van der Waals surface area (Å²) in [4.78, 5) is 24.6.